The fraction of sp³-hybridized carbons (Fsp3) is 0.615. The summed E-state index contributed by atoms with van der Waals surface area (Å²) < 4.78 is 5.46. The first kappa shape index (κ1) is 15.2. The molecule has 0 saturated heterocycles. The molecule has 106 valence electrons. The third-order valence-electron chi connectivity index (χ3n) is 2.54. The van der Waals surface area contributed by atoms with Crippen molar-refractivity contribution in [2.45, 2.75) is 39.7 Å². The minimum absolute atomic E-state index is 0.0687. The van der Waals surface area contributed by atoms with Crippen molar-refractivity contribution in [3.63, 3.8) is 0 Å². The Kier molecular flexibility index (Phi) is 6.05. The minimum atomic E-state index is -0.755. The zero-order valence-corrected chi connectivity index (χ0v) is 11.6. The second-order valence-electron chi connectivity index (χ2n) is 4.72. The van der Waals surface area contributed by atoms with Crippen molar-refractivity contribution in [2.75, 3.05) is 11.9 Å². The molecule has 1 aromatic heterocycles. The normalized spacial score (nSPS) is 12.2. The first-order valence-corrected chi connectivity index (χ1v) is 6.44. The second kappa shape index (κ2) is 7.56. The van der Waals surface area contributed by atoms with Crippen molar-refractivity contribution < 1.29 is 14.6 Å². The summed E-state index contributed by atoms with van der Waals surface area (Å²) in [4.78, 5) is 18.7. The summed E-state index contributed by atoms with van der Waals surface area (Å²) in [5.74, 6) is 0.154. The van der Waals surface area contributed by atoms with Crippen LogP contribution in [0, 0.1) is 5.92 Å². The van der Waals surface area contributed by atoms with Crippen LogP contribution in [-0.2, 0) is 4.79 Å². The molecular weight excluding hydrogens is 246 g/mol. The smallest absolute Gasteiger partial charge is 0.306 e. The van der Waals surface area contributed by atoms with Gasteiger partial charge < -0.3 is 15.2 Å². The van der Waals surface area contributed by atoms with Crippen molar-refractivity contribution in [1.29, 1.82) is 0 Å². The Morgan fingerprint density at radius 2 is 2.16 bits per heavy atom. The predicted octanol–water partition coefficient (Wildman–Crippen LogP) is 2.18. The van der Waals surface area contributed by atoms with Gasteiger partial charge in [-0.1, -0.05) is 6.92 Å². The van der Waals surface area contributed by atoms with Crippen LogP contribution in [0.3, 0.4) is 0 Å². The molecule has 1 aromatic rings. The monoisotopic (exact) mass is 267 g/mol. The summed E-state index contributed by atoms with van der Waals surface area (Å²) in [5, 5.41) is 11.9. The lowest BCUT2D eigenvalue weighted by molar-refractivity contribution is -0.141. The highest BCUT2D eigenvalue weighted by Gasteiger charge is 2.09. The first-order chi connectivity index (χ1) is 8.99. The van der Waals surface area contributed by atoms with Gasteiger partial charge in [-0.2, -0.15) is 0 Å². The Labute approximate surface area is 113 Å². The minimum Gasteiger partial charge on any atom is -0.481 e. The molecule has 1 atom stereocenters. The Bertz CT molecular complexity index is 410. The quantitative estimate of drug-likeness (QED) is 0.702. The van der Waals surface area contributed by atoms with Gasteiger partial charge in [0.15, 0.2) is 0 Å². The van der Waals surface area contributed by atoms with E-state index >= 15 is 0 Å². The molecule has 2 N–H and O–H groups in total. The van der Waals surface area contributed by atoms with Crippen LogP contribution in [0.2, 0.25) is 0 Å². The molecule has 0 aromatic carbocycles. The van der Waals surface area contributed by atoms with Crippen LogP contribution < -0.4 is 10.1 Å². The number of nitrogens with zero attached hydrogens (tertiary/aromatic N) is 2. The van der Waals surface area contributed by atoms with E-state index in [0.29, 0.717) is 24.7 Å². The molecule has 6 nitrogen and oxygen atoms in total. The fourth-order valence-electron chi connectivity index (χ4n) is 1.49. The van der Waals surface area contributed by atoms with Crippen LogP contribution in [0.5, 0.6) is 5.88 Å². The lowest BCUT2D eigenvalue weighted by Gasteiger charge is -2.10. The van der Waals surface area contributed by atoms with Gasteiger partial charge in [0, 0.05) is 12.6 Å². The SMILES string of the molecule is CC(C)Oc1cc(NCCCC(C)C(=O)O)ncn1. The lowest BCUT2D eigenvalue weighted by Crippen LogP contribution is -2.12. The molecule has 0 fully saturated rings. The molecule has 0 bridgehead atoms. The average molecular weight is 267 g/mol. The Hall–Kier alpha value is -1.85. The maximum absolute atomic E-state index is 10.7. The molecule has 0 saturated carbocycles. The zero-order chi connectivity index (χ0) is 14.3. The molecule has 0 spiro atoms. The van der Waals surface area contributed by atoms with Gasteiger partial charge in [0.1, 0.15) is 12.1 Å². The zero-order valence-electron chi connectivity index (χ0n) is 11.6. The number of aliphatic carboxylic acids is 1. The van der Waals surface area contributed by atoms with Crippen LogP contribution in [-0.4, -0.2) is 33.7 Å². The lowest BCUT2D eigenvalue weighted by atomic mass is 10.1. The van der Waals surface area contributed by atoms with E-state index in [1.807, 2.05) is 13.8 Å². The number of carboxylic acid groups (broad SMARTS) is 1. The van der Waals surface area contributed by atoms with E-state index in [2.05, 4.69) is 15.3 Å². The molecule has 19 heavy (non-hydrogen) atoms. The molecule has 1 unspecified atom stereocenters. The number of carboxylic acids is 1. The van der Waals surface area contributed by atoms with Gasteiger partial charge in [-0.15, -0.1) is 0 Å². The fourth-order valence-corrected chi connectivity index (χ4v) is 1.49. The highest BCUT2D eigenvalue weighted by molar-refractivity contribution is 5.69. The number of ether oxygens (including phenoxy) is 1. The average Bonchev–Trinajstić information content (AvgIpc) is 2.34. The van der Waals surface area contributed by atoms with Crippen molar-refractivity contribution in [1.82, 2.24) is 9.97 Å². The molecule has 0 amide bonds. The first-order valence-electron chi connectivity index (χ1n) is 6.44. The number of hydrogen-bond donors (Lipinski definition) is 2. The summed E-state index contributed by atoms with van der Waals surface area (Å²) in [6.45, 7) is 6.25. The summed E-state index contributed by atoms with van der Waals surface area (Å²) in [7, 11) is 0. The standard InChI is InChI=1S/C13H21N3O3/c1-9(2)19-12-7-11(15-8-16-12)14-6-4-5-10(3)13(17)18/h7-10H,4-6H2,1-3H3,(H,17,18)(H,14,15,16). The summed E-state index contributed by atoms with van der Waals surface area (Å²) in [5.41, 5.74) is 0. The third kappa shape index (κ3) is 6.03. The van der Waals surface area contributed by atoms with E-state index in [1.165, 1.54) is 6.33 Å². The van der Waals surface area contributed by atoms with Crippen LogP contribution >= 0.6 is 0 Å². The van der Waals surface area contributed by atoms with Crippen LogP contribution in [0.25, 0.3) is 0 Å². The van der Waals surface area contributed by atoms with Gasteiger partial charge in [0.2, 0.25) is 5.88 Å². The molecule has 0 aliphatic carbocycles. The molecule has 6 heteroatoms. The van der Waals surface area contributed by atoms with Crippen molar-refractivity contribution in [3.8, 4) is 5.88 Å². The van der Waals surface area contributed by atoms with E-state index in [4.69, 9.17) is 9.84 Å². The summed E-state index contributed by atoms with van der Waals surface area (Å²) in [6.07, 6.45) is 2.93. The van der Waals surface area contributed by atoms with Crippen LogP contribution in [0.15, 0.2) is 12.4 Å². The Morgan fingerprint density at radius 3 is 2.79 bits per heavy atom. The van der Waals surface area contributed by atoms with Crippen LogP contribution in [0.1, 0.15) is 33.6 Å². The number of rotatable bonds is 8. The summed E-state index contributed by atoms with van der Waals surface area (Å²) >= 11 is 0. The molecule has 0 radical (unpaired) electrons. The van der Waals surface area contributed by atoms with E-state index in [1.54, 1.807) is 13.0 Å². The third-order valence-corrected chi connectivity index (χ3v) is 2.54. The van der Waals surface area contributed by atoms with Gasteiger partial charge in [-0.05, 0) is 26.7 Å². The predicted molar refractivity (Wildman–Crippen MR) is 72.3 cm³/mol. The topological polar surface area (TPSA) is 84.3 Å². The van der Waals surface area contributed by atoms with E-state index in [9.17, 15) is 4.79 Å². The number of nitrogens with one attached hydrogen (secondary N) is 1. The number of hydrogen-bond acceptors (Lipinski definition) is 5. The van der Waals surface area contributed by atoms with Crippen molar-refractivity contribution in [3.05, 3.63) is 12.4 Å². The number of anilines is 1. The second-order valence-corrected chi connectivity index (χ2v) is 4.72. The van der Waals surface area contributed by atoms with Gasteiger partial charge >= 0.3 is 5.97 Å². The van der Waals surface area contributed by atoms with E-state index < -0.39 is 5.97 Å². The Balaban J connectivity index is 2.35. The molecular formula is C13H21N3O3. The molecule has 0 aliphatic rings. The highest BCUT2D eigenvalue weighted by atomic mass is 16.5. The van der Waals surface area contributed by atoms with E-state index in [0.717, 1.165) is 6.42 Å². The van der Waals surface area contributed by atoms with Gasteiger partial charge in [-0.3, -0.25) is 4.79 Å². The maximum atomic E-state index is 10.7. The Morgan fingerprint density at radius 1 is 1.42 bits per heavy atom. The maximum Gasteiger partial charge on any atom is 0.306 e. The number of carbonyl (C=O) groups is 1. The van der Waals surface area contributed by atoms with Gasteiger partial charge in [-0.25, -0.2) is 9.97 Å². The van der Waals surface area contributed by atoms with Crippen LogP contribution in [0.4, 0.5) is 5.82 Å². The van der Waals surface area contributed by atoms with Crippen molar-refractivity contribution in [2.24, 2.45) is 5.92 Å². The highest BCUT2D eigenvalue weighted by Crippen LogP contribution is 2.13. The van der Waals surface area contributed by atoms with Crippen molar-refractivity contribution >= 4 is 11.8 Å². The number of aromatic nitrogens is 2. The van der Waals surface area contributed by atoms with E-state index in [-0.39, 0.29) is 12.0 Å². The van der Waals surface area contributed by atoms with Gasteiger partial charge in [0.05, 0.1) is 12.0 Å². The van der Waals surface area contributed by atoms with Gasteiger partial charge in [0.25, 0.3) is 0 Å². The molecule has 1 heterocycles. The molecule has 0 aliphatic heterocycles. The molecule has 1 rings (SSSR count). The summed E-state index contributed by atoms with van der Waals surface area (Å²) in [6, 6.07) is 1.74. The largest absolute Gasteiger partial charge is 0.481 e.